The van der Waals surface area contributed by atoms with Crippen LogP contribution in [0.15, 0.2) is 23.1 Å². The highest BCUT2D eigenvalue weighted by Crippen LogP contribution is 2.36. The van der Waals surface area contributed by atoms with E-state index in [1.165, 1.54) is 34.2 Å². The Balaban J connectivity index is 2.03. The van der Waals surface area contributed by atoms with Gasteiger partial charge in [-0.3, -0.25) is 4.79 Å². The van der Waals surface area contributed by atoms with Gasteiger partial charge in [0.05, 0.1) is 17.3 Å². The standard InChI is InChI=1S/C23H31N3O6S/c1-14-17(9-11-27)33-20(24-14)19(26-13-16(21(29)30)7-8-18(26)28)15-6-5-10-25(12-15)22(31)32-23(2,3)4/h7-8,13,15,19,27H,5-6,9-12H2,1-4H3,(H,29,30). The van der Waals surface area contributed by atoms with E-state index in [4.69, 9.17) is 9.72 Å². The Morgan fingerprint density at radius 3 is 2.70 bits per heavy atom. The highest BCUT2D eigenvalue weighted by atomic mass is 32.1. The minimum Gasteiger partial charge on any atom is -0.478 e. The SMILES string of the molecule is Cc1nc(C(C2CCCN(C(=O)OC(C)(C)C)C2)n2cc(C(=O)O)ccc2=O)sc1CCO. The molecule has 9 nitrogen and oxygen atoms in total. The number of rotatable bonds is 6. The number of aromatic carboxylic acids is 1. The van der Waals surface area contributed by atoms with E-state index in [-0.39, 0.29) is 23.6 Å². The molecule has 33 heavy (non-hydrogen) atoms. The van der Waals surface area contributed by atoms with Gasteiger partial charge in [0.25, 0.3) is 5.56 Å². The van der Waals surface area contributed by atoms with Gasteiger partial charge in [-0.15, -0.1) is 11.3 Å². The summed E-state index contributed by atoms with van der Waals surface area (Å²) in [7, 11) is 0. The first-order valence-corrected chi connectivity index (χ1v) is 11.8. The molecule has 2 atom stereocenters. The largest absolute Gasteiger partial charge is 0.478 e. The summed E-state index contributed by atoms with van der Waals surface area (Å²) in [5.41, 5.74) is -0.183. The number of aliphatic hydroxyl groups is 1. The van der Waals surface area contributed by atoms with E-state index in [0.29, 0.717) is 24.5 Å². The van der Waals surface area contributed by atoms with Crippen molar-refractivity contribution in [1.82, 2.24) is 14.5 Å². The smallest absolute Gasteiger partial charge is 0.410 e. The number of aryl methyl sites for hydroxylation is 1. The van der Waals surface area contributed by atoms with Crippen LogP contribution >= 0.6 is 11.3 Å². The van der Waals surface area contributed by atoms with E-state index >= 15 is 0 Å². The minimum atomic E-state index is -1.13. The third-order valence-electron chi connectivity index (χ3n) is 5.54. The van der Waals surface area contributed by atoms with Crippen molar-refractivity contribution in [2.75, 3.05) is 19.7 Å². The Bertz CT molecular complexity index is 1070. The second-order valence-corrected chi connectivity index (χ2v) is 10.4. The maximum absolute atomic E-state index is 12.9. The monoisotopic (exact) mass is 477 g/mol. The van der Waals surface area contributed by atoms with Gasteiger partial charge in [0.1, 0.15) is 10.6 Å². The number of pyridine rings is 1. The summed E-state index contributed by atoms with van der Waals surface area (Å²) in [6.45, 7) is 8.18. The maximum Gasteiger partial charge on any atom is 0.410 e. The summed E-state index contributed by atoms with van der Waals surface area (Å²) in [6, 6.07) is 1.99. The number of aromatic nitrogens is 2. The Morgan fingerprint density at radius 2 is 2.06 bits per heavy atom. The number of amides is 1. The van der Waals surface area contributed by atoms with Crippen molar-refractivity contribution in [1.29, 1.82) is 0 Å². The molecule has 0 radical (unpaired) electrons. The summed E-state index contributed by atoms with van der Waals surface area (Å²) in [5, 5.41) is 19.5. The average molecular weight is 478 g/mol. The van der Waals surface area contributed by atoms with E-state index in [0.717, 1.165) is 23.4 Å². The molecule has 0 spiro atoms. The lowest BCUT2D eigenvalue weighted by atomic mass is 9.90. The Kier molecular flexibility index (Phi) is 7.58. The van der Waals surface area contributed by atoms with Crippen LogP contribution in [-0.4, -0.2) is 62.0 Å². The molecule has 0 aliphatic carbocycles. The summed E-state index contributed by atoms with van der Waals surface area (Å²) in [6.07, 6.45) is 2.86. The number of carbonyl (C=O) groups is 2. The first-order valence-electron chi connectivity index (χ1n) is 11.0. The van der Waals surface area contributed by atoms with Crippen molar-refractivity contribution in [2.24, 2.45) is 5.92 Å². The van der Waals surface area contributed by atoms with Crippen LogP contribution in [0.1, 0.15) is 65.6 Å². The van der Waals surface area contributed by atoms with Crippen LogP contribution in [0.5, 0.6) is 0 Å². The molecule has 2 aromatic heterocycles. The van der Waals surface area contributed by atoms with Crippen LogP contribution < -0.4 is 5.56 Å². The lowest BCUT2D eigenvalue weighted by Crippen LogP contribution is -2.45. The maximum atomic E-state index is 12.9. The number of hydrogen-bond acceptors (Lipinski definition) is 7. The van der Waals surface area contributed by atoms with Crippen molar-refractivity contribution < 1.29 is 24.5 Å². The van der Waals surface area contributed by atoms with E-state index in [2.05, 4.69) is 0 Å². The first-order chi connectivity index (χ1) is 15.5. The summed E-state index contributed by atoms with van der Waals surface area (Å²) < 4.78 is 6.97. The van der Waals surface area contributed by atoms with Crippen LogP contribution in [0.2, 0.25) is 0 Å². The summed E-state index contributed by atoms with van der Waals surface area (Å²) >= 11 is 1.41. The number of piperidine rings is 1. The van der Waals surface area contributed by atoms with Crippen molar-refractivity contribution >= 4 is 23.4 Å². The number of carbonyl (C=O) groups excluding carboxylic acids is 1. The molecule has 1 amide bonds. The molecule has 1 aliphatic heterocycles. The van der Waals surface area contributed by atoms with Gasteiger partial charge in [0.15, 0.2) is 0 Å². The lowest BCUT2D eigenvalue weighted by Gasteiger charge is -2.37. The van der Waals surface area contributed by atoms with E-state index in [9.17, 15) is 24.6 Å². The number of carboxylic acids is 1. The number of likely N-dealkylation sites (tertiary alicyclic amines) is 1. The molecule has 2 N–H and O–H groups in total. The fourth-order valence-electron chi connectivity index (χ4n) is 4.07. The van der Waals surface area contributed by atoms with Gasteiger partial charge in [0, 0.05) is 49.2 Å². The number of aliphatic hydroxyl groups excluding tert-OH is 1. The molecule has 0 bridgehead atoms. The van der Waals surface area contributed by atoms with Crippen molar-refractivity contribution in [3.05, 3.63) is 49.8 Å². The predicted octanol–water partition coefficient (Wildman–Crippen LogP) is 3.08. The van der Waals surface area contributed by atoms with Gasteiger partial charge < -0.3 is 24.4 Å². The van der Waals surface area contributed by atoms with Crippen LogP contribution in [-0.2, 0) is 11.2 Å². The van der Waals surface area contributed by atoms with Gasteiger partial charge in [-0.2, -0.15) is 0 Å². The number of thiazole rings is 1. The molecule has 1 aliphatic rings. The van der Waals surface area contributed by atoms with Crippen LogP contribution in [0.4, 0.5) is 4.79 Å². The summed E-state index contributed by atoms with van der Waals surface area (Å²) in [5.74, 6) is -1.29. The number of hydrogen-bond donors (Lipinski definition) is 2. The Hall–Kier alpha value is -2.72. The van der Waals surface area contributed by atoms with Gasteiger partial charge >= 0.3 is 12.1 Å². The fourth-order valence-corrected chi connectivity index (χ4v) is 5.31. The molecule has 0 aromatic carbocycles. The highest BCUT2D eigenvalue weighted by molar-refractivity contribution is 7.11. The highest BCUT2D eigenvalue weighted by Gasteiger charge is 2.35. The molecule has 180 valence electrons. The molecule has 1 fully saturated rings. The lowest BCUT2D eigenvalue weighted by molar-refractivity contribution is 0.0143. The molecular weight excluding hydrogens is 446 g/mol. The van der Waals surface area contributed by atoms with Crippen molar-refractivity contribution in [2.45, 2.75) is 58.6 Å². The molecule has 3 rings (SSSR count). The summed E-state index contributed by atoms with van der Waals surface area (Å²) in [4.78, 5) is 44.4. The van der Waals surface area contributed by atoms with E-state index in [1.54, 1.807) is 4.90 Å². The first kappa shape index (κ1) is 24.9. The van der Waals surface area contributed by atoms with Crippen LogP contribution in [0.3, 0.4) is 0 Å². The predicted molar refractivity (Wildman–Crippen MR) is 124 cm³/mol. The topological polar surface area (TPSA) is 122 Å². The molecule has 1 saturated heterocycles. The number of nitrogens with zero attached hydrogens (tertiary/aromatic N) is 3. The molecule has 10 heteroatoms. The second-order valence-electron chi connectivity index (χ2n) is 9.28. The third-order valence-corrected chi connectivity index (χ3v) is 6.83. The van der Waals surface area contributed by atoms with Crippen molar-refractivity contribution in [3.8, 4) is 0 Å². The molecule has 2 aromatic rings. The normalized spacial score (nSPS) is 17.6. The molecule has 2 unspecified atom stereocenters. The Morgan fingerprint density at radius 1 is 1.33 bits per heavy atom. The Labute approximate surface area is 196 Å². The van der Waals surface area contributed by atoms with Gasteiger partial charge in [-0.1, -0.05) is 0 Å². The molecule has 0 saturated carbocycles. The zero-order valence-electron chi connectivity index (χ0n) is 19.4. The van der Waals surface area contributed by atoms with E-state index in [1.807, 2.05) is 27.7 Å². The average Bonchev–Trinajstić information content (AvgIpc) is 3.08. The third kappa shape index (κ3) is 6.00. The van der Waals surface area contributed by atoms with Gasteiger partial charge in [-0.25, -0.2) is 14.6 Å². The number of ether oxygens (including phenoxy) is 1. The molecule has 3 heterocycles. The van der Waals surface area contributed by atoms with Gasteiger partial charge in [-0.05, 0) is 46.6 Å². The van der Waals surface area contributed by atoms with Crippen LogP contribution in [0.25, 0.3) is 0 Å². The van der Waals surface area contributed by atoms with Crippen molar-refractivity contribution in [3.63, 3.8) is 0 Å². The zero-order chi connectivity index (χ0) is 24.3. The zero-order valence-corrected chi connectivity index (χ0v) is 20.2. The molecular formula is C23H31N3O6S. The van der Waals surface area contributed by atoms with Gasteiger partial charge in [0.2, 0.25) is 0 Å². The fraction of sp³-hybridized carbons (Fsp3) is 0.565. The van der Waals surface area contributed by atoms with Crippen LogP contribution in [0, 0.1) is 12.8 Å². The number of carboxylic acid groups (broad SMARTS) is 1. The van der Waals surface area contributed by atoms with E-state index < -0.39 is 23.7 Å². The quantitative estimate of drug-likeness (QED) is 0.656. The second kappa shape index (κ2) is 10.0. The minimum absolute atomic E-state index is 0.00303.